The number of amides is 1. The first-order valence-corrected chi connectivity index (χ1v) is 8.09. The Morgan fingerprint density at radius 2 is 2.00 bits per heavy atom. The van der Waals surface area contributed by atoms with Crippen LogP contribution >= 0.6 is 23.2 Å². The molecule has 1 atom stereocenters. The van der Waals surface area contributed by atoms with Crippen LogP contribution < -0.4 is 5.32 Å². The molecule has 3 rings (SSSR count). The SMILES string of the molecule is O=C(CN1CCN2CCCC2C1)Nc1c(Cl)cccc1Cl. The molecule has 4 nitrogen and oxygen atoms in total. The van der Waals surface area contributed by atoms with Crippen molar-refractivity contribution < 1.29 is 4.79 Å². The van der Waals surface area contributed by atoms with E-state index < -0.39 is 0 Å². The van der Waals surface area contributed by atoms with E-state index in [0.29, 0.717) is 28.3 Å². The highest BCUT2D eigenvalue weighted by Crippen LogP contribution is 2.29. The summed E-state index contributed by atoms with van der Waals surface area (Å²) in [6, 6.07) is 5.83. The third-order valence-electron chi connectivity index (χ3n) is 4.27. The van der Waals surface area contributed by atoms with E-state index in [-0.39, 0.29) is 5.91 Å². The maximum absolute atomic E-state index is 12.2. The zero-order valence-corrected chi connectivity index (χ0v) is 13.3. The maximum Gasteiger partial charge on any atom is 0.238 e. The molecule has 2 heterocycles. The Labute approximate surface area is 135 Å². The number of hydrogen-bond acceptors (Lipinski definition) is 3. The van der Waals surface area contributed by atoms with Crippen LogP contribution in [0.4, 0.5) is 5.69 Å². The van der Waals surface area contributed by atoms with Crippen LogP contribution in [0.1, 0.15) is 12.8 Å². The minimum absolute atomic E-state index is 0.0588. The summed E-state index contributed by atoms with van der Waals surface area (Å²) in [5.74, 6) is -0.0588. The van der Waals surface area contributed by atoms with E-state index in [0.717, 1.165) is 19.6 Å². The average Bonchev–Trinajstić information content (AvgIpc) is 2.90. The highest BCUT2D eigenvalue weighted by molar-refractivity contribution is 6.39. The molecular formula is C15H19Cl2N3O. The summed E-state index contributed by atoms with van der Waals surface area (Å²) in [6.45, 7) is 4.58. The Bertz CT molecular complexity index is 517. The van der Waals surface area contributed by atoms with Gasteiger partial charge >= 0.3 is 0 Å². The molecule has 114 valence electrons. The van der Waals surface area contributed by atoms with E-state index in [4.69, 9.17) is 23.2 Å². The van der Waals surface area contributed by atoms with E-state index >= 15 is 0 Å². The molecule has 1 aromatic carbocycles. The molecule has 6 heteroatoms. The van der Waals surface area contributed by atoms with Crippen molar-refractivity contribution in [2.24, 2.45) is 0 Å². The zero-order chi connectivity index (χ0) is 14.8. The van der Waals surface area contributed by atoms with E-state index in [1.54, 1.807) is 18.2 Å². The molecule has 1 unspecified atom stereocenters. The highest BCUT2D eigenvalue weighted by Gasteiger charge is 2.31. The molecule has 1 N–H and O–H groups in total. The lowest BCUT2D eigenvalue weighted by molar-refractivity contribution is -0.117. The van der Waals surface area contributed by atoms with Crippen LogP contribution in [0.25, 0.3) is 0 Å². The van der Waals surface area contributed by atoms with Gasteiger partial charge in [0.2, 0.25) is 5.91 Å². The third-order valence-corrected chi connectivity index (χ3v) is 4.90. The first-order valence-electron chi connectivity index (χ1n) is 7.34. The van der Waals surface area contributed by atoms with E-state index in [1.807, 2.05) is 0 Å². The van der Waals surface area contributed by atoms with Crippen molar-refractivity contribution in [2.75, 3.05) is 38.0 Å². The maximum atomic E-state index is 12.2. The van der Waals surface area contributed by atoms with E-state index in [2.05, 4.69) is 15.1 Å². The Balaban J connectivity index is 1.57. The number of benzene rings is 1. The van der Waals surface area contributed by atoms with Crippen LogP contribution in [-0.2, 0) is 4.79 Å². The number of carbonyl (C=O) groups excluding carboxylic acids is 1. The van der Waals surface area contributed by atoms with Gasteiger partial charge in [0.1, 0.15) is 0 Å². The van der Waals surface area contributed by atoms with Gasteiger partial charge in [-0.25, -0.2) is 0 Å². The number of carbonyl (C=O) groups is 1. The highest BCUT2D eigenvalue weighted by atomic mass is 35.5. The molecule has 21 heavy (non-hydrogen) atoms. The number of nitrogens with zero attached hydrogens (tertiary/aromatic N) is 2. The van der Waals surface area contributed by atoms with Crippen LogP contribution in [0.3, 0.4) is 0 Å². The molecule has 2 aliphatic heterocycles. The fourth-order valence-corrected chi connectivity index (χ4v) is 3.69. The Kier molecular flexibility index (Phi) is 4.69. The summed E-state index contributed by atoms with van der Waals surface area (Å²) in [5, 5.41) is 3.77. The number of para-hydroxylation sites is 1. The van der Waals surface area contributed by atoms with Gasteiger partial charge in [-0.3, -0.25) is 14.6 Å². The normalized spacial score (nSPS) is 23.0. The molecule has 1 amide bonds. The van der Waals surface area contributed by atoms with Gasteiger partial charge in [-0.15, -0.1) is 0 Å². The van der Waals surface area contributed by atoms with Gasteiger partial charge in [-0.1, -0.05) is 29.3 Å². The Morgan fingerprint density at radius 3 is 2.76 bits per heavy atom. The topological polar surface area (TPSA) is 35.6 Å². The second kappa shape index (κ2) is 6.53. The number of piperazine rings is 1. The average molecular weight is 328 g/mol. The van der Waals surface area contributed by atoms with Crippen LogP contribution in [0.2, 0.25) is 10.0 Å². The molecule has 0 spiro atoms. The number of anilines is 1. The second-order valence-electron chi connectivity index (χ2n) is 5.71. The number of halogens is 2. The first kappa shape index (κ1) is 15.1. The summed E-state index contributed by atoms with van der Waals surface area (Å²) in [4.78, 5) is 16.9. The fraction of sp³-hybridized carbons (Fsp3) is 0.533. The van der Waals surface area contributed by atoms with E-state index in [1.165, 1.54) is 19.4 Å². The van der Waals surface area contributed by atoms with Crippen molar-refractivity contribution in [3.63, 3.8) is 0 Å². The Hall–Kier alpha value is -0.810. The van der Waals surface area contributed by atoms with Gasteiger partial charge in [0.05, 0.1) is 22.3 Å². The van der Waals surface area contributed by atoms with Crippen molar-refractivity contribution in [3.05, 3.63) is 28.2 Å². The van der Waals surface area contributed by atoms with Crippen LogP contribution in [0.15, 0.2) is 18.2 Å². The largest absolute Gasteiger partial charge is 0.322 e. The summed E-state index contributed by atoms with van der Waals surface area (Å²) in [7, 11) is 0. The molecule has 2 saturated heterocycles. The molecule has 0 aliphatic carbocycles. The predicted molar refractivity (Wildman–Crippen MR) is 86.1 cm³/mol. The summed E-state index contributed by atoms with van der Waals surface area (Å²) < 4.78 is 0. The molecule has 0 saturated carbocycles. The van der Waals surface area contributed by atoms with Gasteiger partial charge in [-0.05, 0) is 31.5 Å². The summed E-state index contributed by atoms with van der Waals surface area (Å²) in [5.41, 5.74) is 0.505. The molecule has 0 bridgehead atoms. The first-order chi connectivity index (χ1) is 10.1. The van der Waals surface area contributed by atoms with Gasteiger partial charge in [-0.2, -0.15) is 0 Å². The summed E-state index contributed by atoms with van der Waals surface area (Å²) >= 11 is 12.1. The zero-order valence-electron chi connectivity index (χ0n) is 11.8. The Morgan fingerprint density at radius 1 is 1.24 bits per heavy atom. The van der Waals surface area contributed by atoms with Crippen LogP contribution in [-0.4, -0.2) is 54.5 Å². The van der Waals surface area contributed by atoms with Gasteiger partial charge in [0.25, 0.3) is 0 Å². The van der Waals surface area contributed by atoms with Crippen molar-refractivity contribution >= 4 is 34.8 Å². The lowest BCUT2D eigenvalue weighted by Crippen LogP contribution is -2.51. The number of rotatable bonds is 3. The number of nitrogens with one attached hydrogen (secondary N) is 1. The molecule has 0 aromatic heterocycles. The van der Waals surface area contributed by atoms with Crippen molar-refractivity contribution in [3.8, 4) is 0 Å². The van der Waals surface area contributed by atoms with Gasteiger partial charge < -0.3 is 5.32 Å². The standard InChI is InChI=1S/C15H19Cl2N3O/c16-12-4-1-5-13(17)15(12)18-14(21)10-19-7-8-20-6-2-3-11(20)9-19/h1,4-5,11H,2-3,6-10H2,(H,18,21). The molecule has 1 aromatic rings. The molecule has 2 aliphatic rings. The van der Waals surface area contributed by atoms with Gasteiger partial charge in [0.15, 0.2) is 0 Å². The fourth-order valence-electron chi connectivity index (χ4n) is 3.20. The smallest absolute Gasteiger partial charge is 0.238 e. The van der Waals surface area contributed by atoms with Crippen molar-refractivity contribution in [2.45, 2.75) is 18.9 Å². The monoisotopic (exact) mass is 327 g/mol. The minimum atomic E-state index is -0.0588. The lowest BCUT2D eigenvalue weighted by atomic mass is 10.1. The third kappa shape index (κ3) is 3.51. The number of hydrogen-bond donors (Lipinski definition) is 1. The number of fused-ring (bicyclic) bond motifs is 1. The molecule has 0 radical (unpaired) electrons. The van der Waals surface area contributed by atoms with Gasteiger partial charge in [0, 0.05) is 25.7 Å². The minimum Gasteiger partial charge on any atom is -0.322 e. The summed E-state index contributed by atoms with van der Waals surface area (Å²) in [6.07, 6.45) is 2.52. The molecule has 2 fully saturated rings. The van der Waals surface area contributed by atoms with Crippen molar-refractivity contribution in [1.82, 2.24) is 9.80 Å². The predicted octanol–water partition coefficient (Wildman–Crippen LogP) is 2.71. The quantitative estimate of drug-likeness (QED) is 0.927. The molecular weight excluding hydrogens is 309 g/mol. The van der Waals surface area contributed by atoms with Crippen LogP contribution in [0, 0.1) is 0 Å². The van der Waals surface area contributed by atoms with Crippen molar-refractivity contribution in [1.29, 1.82) is 0 Å². The van der Waals surface area contributed by atoms with Crippen LogP contribution in [0.5, 0.6) is 0 Å². The second-order valence-corrected chi connectivity index (χ2v) is 6.53. The lowest BCUT2D eigenvalue weighted by Gasteiger charge is -2.37. The van der Waals surface area contributed by atoms with E-state index in [9.17, 15) is 4.79 Å².